The van der Waals surface area contributed by atoms with Gasteiger partial charge in [0.2, 0.25) is 15.9 Å². The van der Waals surface area contributed by atoms with Crippen LogP contribution in [0.2, 0.25) is 0 Å². The number of sulfonamides is 1. The molecule has 1 saturated heterocycles. The van der Waals surface area contributed by atoms with E-state index < -0.39 is 15.6 Å². The lowest BCUT2D eigenvalue weighted by Gasteiger charge is -2.37. The molecular weight excluding hydrogens is 574 g/mol. The zero-order chi connectivity index (χ0) is 30.0. The zero-order valence-corrected chi connectivity index (χ0v) is 25.9. The van der Waals surface area contributed by atoms with E-state index in [-0.39, 0.29) is 28.3 Å². The number of rotatable bonds is 8. The normalized spacial score (nSPS) is 19.3. The molecule has 1 atom stereocenters. The number of nitrogens with zero attached hydrogens (tertiary/aromatic N) is 4. The molecule has 4 heterocycles. The van der Waals surface area contributed by atoms with Gasteiger partial charge in [0, 0.05) is 25.7 Å². The standard InChI is InChI=1S/C29H35N7O4S2/c1-16-25(41-28(32-16)34-22-7-6-8-23(33-22)35-12-11-31-29(3,4)27(35)38)19-13-20-15-36(17(2)18-9-10-18)26(37)24(20)21(14-19)42(39,40)30-5/h6-8,13-14,17-18,30-31H,9-12,15H2,1-5H3,(H,32,33,34)/t17-/m0/s1. The molecular formula is C29H35N7O4S2. The Kier molecular flexibility index (Phi) is 7.11. The molecule has 3 N–H and O–H groups in total. The maximum absolute atomic E-state index is 13.5. The van der Waals surface area contributed by atoms with Crippen LogP contribution in [0.4, 0.5) is 16.8 Å². The van der Waals surface area contributed by atoms with Crippen LogP contribution in [0.3, 0.4) is 0 Å². The van der Waals surface area contributed by atoms with Gasteiger partial charge in [-0.15, -0.1) is 0 Å². The third kappa shape index (κ3) is 5.08. The number of thiazole rings is 1. The highest BCUT2D eigenvalue weighted by Gasteiger charge is 2.41. The average Bonchev–Trinajstić information content (AvgIpc) is 3.67. The van der Waals surface area contributed by atoms with Crippen molar-refractivity contribution in [1.29, 1.82) is 0 Å². The largest absolute Gasteiger partial charge is 0.331 e. The number of aromatic nitrogens is 2. The fourth-order valence-electron chi connectivity index (χ4n) is 5.74. The number of hydrogen-bond donors (Lipinski definition) is 3. The average molecular weight is 610 g/mol. The summed E-state index contributed by atoms with van der Waals surface area (Å²) in [6.45, 7) is 9.20. The van der Waals surface area contributed by atoms with Crippen LogP contribution in [-0.2, 0) is 21.4 Å². The second kappa shape index (κ2) is 10.4. The first-order valence-corrected chi connectivity index (χ1v) is 16.4. The van der Waals surface area contributed by atoms with Crippen LogP contribution in [-0.4, -0.2) is 66.8 Å². The SMILES string of the molecule is CNS(=O)(=O)c1cc(-c2sc(Nc3cccc(N4CCNC(C)(C)C4=O)n3)nc2C)cc2c1C(=O)N([C@@H](C)C1CC1)C2. The second-order valence-electron chi connectivity index (χ2n) is 11.7. The predicted molar refractivity (Wildman–Crippen MR) is 163 cm³/mol. The lowest BCUT2D eigenvalue weighted by molar-refractivity contribution is -0.125. The van der Waals surface area contributed by atoms with Crippen LogP contribution in [0, 0.1) is 12.8 Å². The predicted octanol–water partition coefficient (Wildman–Crippen LogP) is 3.63. The summed E-state index contributed by atoms with van der Waals surface area (Å²) in [6, 6.07) is 9.02. The van der Waals surface area contributed by atoms with Gasteiger partial charge in [0.1, 0.15) is 11.6 Å². The Morgan fingerprint density at radius 3 is 2.64 bits per heavy atom. The van der Waals surface area contributed by atoms with E-state index in [0.717, 1.165) is 23.4 Å². The molecule has 0 radical (unpaired) electrons. The van der Waals surface area contributed by atoms with Crippen molar-refractivity contribution >= 4 is 49.9 Å². The van der Waals surface area contributed by atoms with Crippen molar-refractivity contribution in [3.63, 3.8) is 0 Å². The van der Waals surface area contributed by atoms with Crippen molar-refractivity contribution < 1.29 is 18.0 Å². The van der Waals surface area contributed by atoms with Crippen molar-refractivity contribution in [2.45, 2.75) is 63.6 Å². The Bertz CT molecular complexity index is 1700. The molecule has 0 bridgehead atoms. The Hall–Kier alpha value is -3.39. The molecule has 11 nitrogen and oxygen atoms in total. The third-order valence-electron chi connectivity index (χ3n) is 8.34. The number of aryl methyl sites for hydroxylation is 1. The fourth-order valence-corrected chi connectivity index (χ4v) is 7.69. The molecule has 6 rings (SSSR count). The van der Waals surface area contributed by atoms with E-state index in [0.29, 0.717) is 53.4 Å². The highest BCUT2D eigenvalue weighted by molar-refractivity contribution is 7.89. The Morgan fingerprint density at radius 2 is 1.93 bits per heavy atom. The highest BCUT2D eigenvalue weighted by Crippen LogP contribution is 2.42. The number of benzene rings is 1. The van der Waals surface area contributed by atoms with Gasteiger partial charge in [0.15, 0.2) is 5.13 Å². The molecule has 13 heteroatoms. The van der Waals surface area contributed by atoms with Gasteiger partial charge < -0.3 is 15.5 Å². The second-order valence-corrected chi connectivity index (χ2v) is 14.5. The van der Waals surface area contributed by atoms with E-state index in [1.54, 1.807) is 15.9 Å². The number of carbonyl (C=O) groups is 2. The first kappa shape index (κ1) is 28.7. The molecule has 2 fully saturated rings. The minimum absolute atomic E-state index is 0.00622. The van der Waals surface area contributed by atoms with Crippen molar-refractivity contribution in [1.82, 2.24) is 24.9 Å². The monoisotopic (exact) mass is 609 g/mol. The van der Waals surface area contributed by atoms with Crippen LogP contribution in [0.1, 0.15) is 55.2 Å². The minimum atomic E-state index is -3.90. The summed E-state index contributed by atoms with van der Waals surface area (Å²) >= 11 is 1.38. The summed E-state index contributed by atoms with van der Waals surface area (Å²) in [6.07, 6.45) is 2.18. The molecule has 2 amide bonds. The number of fused-ring (bicyclic) bond motifs is 1. The van der Waals surface area contributed by atoms with Crippen LogP contribution in [0.5, 0.6) is 0 Å². The summed E-state index contributed by atoms with van der Waals surface area (Å²) in [5.74, 6) is 1.29. The highest BCUT2D eigenvalue weighted by atomic mass is 32.2. The molecule has 1 aliphatic carbocycles. The van der Waals surface area contributed by atoms with E-state index in [1.165, 1.54) is 18.4 Å². The fraction of sp³-hybridized carbons (Fsp3) is 0.448. The first-order chi connectivity index (χ1) is 19.9. The van der Waals surface area contributed by atoms with Crippen molar-refractivity contribution in [2.75, 3.05) is 30.4 Å². The zero-order valence-electron chi connectivity index (χ0n) is 24.3. The quantitative estimate of drug-likeness (QED) is 0.352. The van der Waals surface area contributed by atoms with Gasteiger partial charge in [0.05, 0.1) is 26.6 Å². The molecule has 42 heavy (non-hydrogen) atoms. The first-order valence-electron chi connectivity index (χ1n) is 14.1. The maximum atomic E-state index is 13.5. The van der Waals surface area contributed by atoms with E-state index in [9.17, 15) is 18.0 Å². The number of nitrogens with one attached hydrogen (secondary N) is 3. The Balaban J connectivity index is 1.32. The summed E-state index contributed by atoms with van der Waals surface area (Å²) in [7, 11) is -2.54. The summed E-state index contributed by atoms with van der Waals surface area (Å²) < 4.78 is 28.6. The molecule has 1 saturated carbocycles. The molecule has 222 valence electrons. The third-order valence-corrected chi connectivity index (χ3v) is 10.9. The number of anilines is 3. The molecule has 1 aromatic carbocycles. The van der Waals surface area contributed by atoms with E-state index in [1.807, 2.05) is 52.0 Å². The molecule has 0 spiro atoms. The maximum Gasteiger partial charge on any atom is 0.256 e. The summed E-state index contributed by atoms with van der Waals surface area (Å²) in [4.78, 5) is 40.1. The van der Waals surface area contributed by atoms with E-state index in [4.69, 9.17) is 4.98 Å². The molecule has 0 unspecified atom stereocenters. The molecule has 2 aliphatic heterocycles. The van der Waals surface area contributed by atoms with Crippen molar-refractivity contribution in [3.8, 4) is 10.4 Å². The number of pyridine rings is 1. The minimum Gasteiger partial charge on any atom is -0.331 e. The van der Waals surface area contributed by atoms with Gasteiger partial charge in [-0.25, -0.2) is 23.1 Å². The Labute approximate surface area is 249 Å². The summed E-state index contributed by atoms with van der Waals surface area (Å²) in [5.41, 5.74) is 1.71. The number of piperazine rings is 1. The number of carbonyl (C=O) groups excluding carboxylic acids is 2. The van der Waals surface area contributed by atoms with Crippen LogP contribution in [0.25, 0.3) is 10.4 Å². The smallest absolute Gasteiger partial charge is 0.256 e. The molecule has 3 aromatic rings. The van der Waals surface area contributed by atoms with Crippen LogP contribution >= 0.6 is 11.3 Å². The van der Waals surface area contributed by atoms with Crippen LogP contribution < -0.4 is 20.3 Å². The number of hydrogen-bond acceptors (Lipinski definition) is 9. The van der Waals surface area contributed by atoms with Gasteiger partial charge in [-0.1, -0.05) is 17.4 Å². The van der Waals surface area contributed by atoms with Gasteiger partial charge >= 0.3 is 0 Å². The van der Waals surface area contributed by atoms with E-state index in [2.05, 4.69) is 20.3 Å². The topological polar surface area (TPSA) is 137 Å². The van der Waals surface area contributed by atoms with Gasteiger partial charge in [0.25, 0.3) is 5.91 Å². The van der Waals surface area contributed by atoms with Crippen molar-refractivity contribution in [3.05, 3.63) is 47.2 Å². The molecule has 3 aliphatic rings. The van der Waals surface area contributed by atoms with Gasteiger partial charge in [-0.3, -0.25) is 14.5 Å². The lowest BCUT2D eigenvalue weighted by Crippen LogP contribution is -2.61. The Morgan fingerprint density at radius 1 is 1.17 bits per heavy atom. The lowest BCUT2D eigenvalue weighted by atomic mass is 10.0. The van der Waals surface area contributed by atoms with Crippen LogP contribution in [0.15, 0.2) is 35.2 Å². The van der Waals surface area contributed by atoms with Gasteiger partial charge in [-0.2, -0.15) is 0 Å². The van der Waals surface area contributed by atoms with Gasteiger partial charge in [-0.05, 0) is 88.9 Å². The van der Waals surface area contributed by atoms with Crippen molar-refractivity contribution in [2.24, 2.45) is 5.92 Å². The van der Waals surface area contributed by atoms with E-state index >= 15 is 0 Å². The molecule has 2 aromatic heterocycles. The summed E-state index contributed by atoms with van der Waals surface area (Å²) in [5, 5.41) is 7.07. The number of amides is 2.